The second kappa shape index (κ2) is 4.73. The largest absolute Gasteiger partial charge is 0.508 e. The Bertz CT molecular complexity index is 457. The average Bonchev–Trinajstić information content (AvgIpc) is 2.29. The van der Waals surface area contributed by atoms with Crippen molar-refractivity contribution in [2.75, 3.05) is 7.05 Å². The lowest BCUT2D eigenvalue weighted by molar-refractivity contribution is -0.141. The van der Waals surface area contributed by atoms with Crippen LogP contribution in [0, 0.1) is 0 Å². The molecule has 1 aromatic rings. The topological polar surface area (TPSA) is 98.1 Å². The molecule has 0 spiro atoms. The summed E-state index contributed by atoms with van der Waals surface area (Å²) in [5, 5.41) is 27.5. The molecule has 17 heavy (non-hydrogen) atoms. The molecule has 6 nitrogen and oxygen atoms in total. The number of aromatic hydroxyl groups is 2. The van der Waals surface area contributed by atoms with Gasteiger partial charge in [0.25, 0.3) is 5.91 Å². The number of hydrogen-bond donors (Lipinski definition) is 3. The van der Waals surface area contributed by atoms with Crippen LogP contribution in [0.25, 0.3) is 0 Å². The highest BCUT2D eigenvalue weighted by atomic mass is 16.4. The van der Waals surface area contributed by atoms with E-state index in [1.807, 2.05) is 0 Å². The lowest BCUT2D eigenvalue weighted by Crippen LogP contribution is -2.40. The number of nitrogens with zero attached hydrogens (tertiary/aromatic N) is 1. The van der Waals surface area contributed by atoms with E-state index in [0.29, 0.717) is 0 Å². The number of hydrogen-bond acceptors (Lipinski definition) is 4. The molecule has 0 bridgehead atoms. The van der Waals surface area contributed by atoms with E-state index in [0.717, 1.165) is 11.0 Å². The van der Waals surface area contributed by atoms with Crippen molar-refractivity contribution in [3.63, 3.8) is 0 Å². The predicted molar refractivity (Wildman–Crippen MR) is 59.0 cm³/mol. The molecule has 92 valence electrons. The van der Waals surface area contributed by atoms with Gasteiger partial charge in [0.15, 0.2) is 0 Å². The highest BCUT2D eigenvalue weighted by molar-refractivity contribution is 5.98. The molecular weight excluding hydrogens is 226 g/mol. The van der Waals surface area contributed by atoms with Crippen LogP contribution in [-0.4, -0.2) is 45.2 Å². The van der Waals surface area contributed by atoms with Gasteiger partial charge < -0.3 is 20.2 Å². The Morgan fingerprint density at radius 2 is 1.88 bits per heavy atom. The summed E-state index contributed by atoms with van der Waals surface area (Å²) >= 11 is 0. The van der Waals surface area contributed by atoms with Gasteiger partial charge in [-0.15, -0.1) is 0 Å². The number of likely N-dealkylation sites (N-methyl/N-ethyl adjacent to an activating group) is 1. The lowest BCUT2D eigenvalue weighted by Gasteiger charge is -2.21. The van der Waals surface area contributed by atoms with Crippen LogP contribution in [0.2, 0.25) is 0 Å². The third-order valence-electron chi connectivity index (χ3n) is 2.47. The van der Waals surface area contributed by atoms with Crippen LogP contribution in [0.5, 0.6) is 11.5 Å². The van der Waals surface area contributed by atoms with Crippen LogP contribution in [0.3, 0.4) is 0 Å². The van der Waals surface area contributed by atoms with E-state index in [-0.39, 0.29) is 17.1 Å². The van der Waals surface area contributed by atoms with Crippen molar-refractivity contribution < 1.29 is 24.9 Å². The fourth-order valence-corrected chi connectivity index (χ4v) is 1.23. The molecule has 6 heteroatoms. The minimum absolute atomic E-state index is 0.138. The summed E-state index contributed by atoms with van der Waals surface area (Å²) in [6.45, 7) is 1.35. The van der Waals surface area contributed by atoms with Gasteiger partial charge >= 0.3 is 5.97 Å². The van der Waals surface area contributed by atoms with Crippen molar-refractivity contribution >= 4 is 11.9 Å². The molecule has 1 aromatic carbocycles. The molecule has 0 saturated heterocycles. The summed E-state index contributed by atoms with van der Waals surface area (Å²) in [5.74, 6) is -2.31. The van der Waals surface area contributed by atoms with Crippen molar-refractivity contribution in [2.24, 2.45) is 0 Å². The normalized spacial score (nSPS) is 11.9. The van der Waals surface area contributed by atoms with Crippen molar-refractivity contribution in [1.29, 1.82) is 0 Å². The minimum atomic E-state index is -1.15. The fraction of sp³-hybridized carbons (Fsp3) is 0.273. The quantitative estimate of drug-likeness (QED) is 0.672. The van der Waals surface area contributed by atoms with Crippen molar-refractivity contribution in [3.05, 3.63) is 23.8 Å². The van der Waals surface area contributed by atoms with Crippen molar-refractivity contribution in [2.45, 2.75) is 13.0 Å². The number of rotatable bonds is 3. The molecule has 0 radical (unpaired) electrons. The van der Waals surface area contributed by atoms with Crippen LogP contribution in [0.4, 0.5) is 0 Å². The van der Waals surface area contributed by atoms with Gasteiger partial charge in [0.1, 0.15) is 17.5 Å². The second-order valence-corrected chi connectivity index (χ2v) is 3.63. The number of phenols is 2. The molecule has 1 rings (SSSR count). The molecule has 1 amide bonds. The minimum Gasteiger partial charge on any atom is -0.508 e. The van der Waals surface area contributed by atoms with Crippen LogP contribution < -0.4 is 0 Å². The van der Waals surface area contributed by atoms with Gasteiger partial charge in [0, 0.05) is 7.05 Å². The molecule has 0 saturated carbocycles. The third-order valence-corrected chi connectivity index (χ3v) is 2.47. The zero-order valence-corrected chi connectivity index (χ0v) is 9.41. The summed E-state index contributed by atoms with van der Waals surface area (Å²) in [4.78, 5) is 23.5. The molecular formula is C11H13NO5. The van der Waals surface area contributed by atoms with Crippen LogP contribution in [-0.2, 0) is 4.79 Å². The number of carboxylic acid groups (broad SMARTS) is 1. The van der Waals surface area contributed by atoms with Gasteiger partial charge in [-0.1, -0.05) is 0 Å². The van der Waals surface area contributed by atoms with E-state index in [1.54, 1.807) is 0 Å². The standard InChI is InChI=1S/C11H13NO5/c1-6(11(16)17)12(2)10(15)8-5-7(13)3-4-9(8)14/h3-6,13-14H,1-2H3,(H,16,17). The third kappa shape index (κ3) is 2.66. The molecule has 3 N–H and O–H groups in total. The Balaban J connectivity index is 3.04. The van der Waals surface area contributed by atoms with Gasteiger partial charge in [-0.2, -0.15) is 0 Å². The molecule has 0 aliphatic rings. The van der Waals surface area contributed by atoms with Gasteiger partial charge in [-0.05, 0) is 25.1 Å². The van der Waals surface area contributed by atoms with E-state index in [4.69, 9.17) is 5.11 Å². The van der Waals surface area contributed by atoms with E-state index in [9.17, 15) is 19.8 Å². The molecule has 0 aromatic heterocycles. The first-order valence-electron chi connectivity index (χ1n) is 4.86. The zero-order valence-electron chi connectivity index (χ0n) is 9.41. The van der Waals surface area contributed by atoms with E-state index < -0.39 is 17.9 Å². The average molecular weight is 239 g/mol. The molecule has 1 atom stereocenters. The Kier molecular flexibility index (Phi) is 3.57. The Morgan fingerprint density at radius 1 is 1.29 bits per heavy atom. The number of aliphatic carboxylic acids is 1. The van der Waals surface area contributed by atoms with Gasteiger partial charge in [-0.25, -0.2) is 4.79 Å². The zero-order chi connectivity index (χ0) is 13.2. The monoisotopic (exact) mass is 239 g/mol. The summed E-state index contributed by atoms with van der Waals surface area (Å²) in [5.41, 5.74) is -0.138. The first-order valence-corrected chi connectivity index (χ1v) is 4.86. The Hall–Kier alpha value is -2.24. The van der Waals surface area contributed by atoms with E-state index in [2.05, 4.69) is 0 Å². The smallest absolute Gasteiger partial charge is 0.326 e. The van der Waals surface area contributed by atoms with Crippen LogP contribution in [0.1, 0.15) is 17.3 Å². The number of phenolic OH excluding ortho intramolecular Hbond substituents is 2. The Labute approximate surface area is 97.7 Å². The molecule has 0 aliphatic carbocycles. The molecule has 1 unspecified atom stereocenters. The fourth-order valence-electron chi connectivity index (χ4n) is 1.23. The number of amides is 1. The van der Waals surface area contributed by atoms with Crippen molar-refractivity contribution in [1.82, 2.24) is 4.90 Å². The van der Waals surface area contributed by atoms with Gasteiger partial charge in [0.2, 0.25) is 0 Å². The maximum Gasteiger partial charge on any atom is 0.326 e. The first kappa shape index (κ1) is 12.8. The number of carbonyl (C=O) groups is 2. The second-order valence-electron chi connectivity index (χ2n) is 3.63. The van der Waals surface area contributed by atoms with Gasteiger partial charge in [-0.3, -0.25) is 4.79 Å². The Morgan fingerprint density at radius 3 is 2.41 bits per heavy atom. The SMILES string of the molecule is CC(C(=O)O)N(C)C(=O)c1cc(O)ccc1O. The number of carboxylic acids is 1. The van der Waals surface area contributed by atoms with E-state index in [1.165, 1.54) is 26.1 Å². The van der Waals surface area contributed by atoms with E-state index >= 15 is 0 Å². The first-order chi connectivity index (χ1) is 7.84. The predicted octanol–water partition coefficient (Wildman–Crippen LogP) is 0.643. The molecule has 0 fully saturated rings. The van der Waals surface area contributed by atoms with Crippen LogP contribution >= 0.6 is 0 Å². The summed E-state index contributed by atoms with van der Waals surface area (Å²) in [7, 11) is 1.31. The number of benzene rings is 1. The molecule has 0 heterocycles. The van der Waals surface area contributed by atoms with Crippen molar-refractivity contribution in [3.8, 4) is 11.5 Å². The summed E-state index contributed by atoms with van der Waals surface area (Å²) in [6.07, 6.45) is 0. The number of carbonyl (C=O) groups excluding carboxylic acids is 1. The highest BCUT2D eigenvalue weighted by Crippen LogP contribution is 2.23. The molecule has 0 aliphatic heterocycles. The maximum atomic E-state index is 11.9. The van der Waals surface area contributed by atoms with Crippen LogP contribution in [0.15, 0.2) is 18.2 Å². The lowest BCUT2D eigenvalue weighted by atomic mass is 10.1. The maximum absolute atomic E-state index is 11.9. The highest BCUT2D eigenvalue weighted by Gasteiger charge is 2.24. The van der Waals surface area contributed by atoms with Gasteiger partial charge in [0.05, 0.1) is 5.56 Å². The summed E-state index contributed by atoms with van der Waals surface area (Å²) < 4.78 is 0. The summed E-state index contributed by atoms with van der Waals surface area (Å²) in [6, 6.07) is 2.46.